The molecule has 2 bridgehead atoms. The average molecular weight is 474 g/mol. The van der Waals surface area contributed by atoms with Gasteiger partial charge in [-0.25, -0.2) is 9.18 Å². The summed E-state index contributed by atoms with van der Waals surface area (Å²) in [6, 6.07) is 24.7. The predicted octanol–water partition coefficient (Wildman–Crippen LogP) is 5.01. The van der Waals surface area contributed by atoms with Gasteiger partial charge in [-0.05, 0) is 29.8 Å². The highest BCUT2D eigenvalue weighted by molar-refractivity contribution is 5.97. The molecule has 3 aromatic carbocycles. The number of fused-ring (bicyclic) bond motifs is 3. The molecule has 0 aromatic heterocycles. The average Bonchev–Trinajstić information content (AvgIpc) is 2.89. The molecule has 6 heteroatoms. The molecule has 0 radical (unpaired) electrons. The monoisotopic (exact) mass is 473 g/mol. The first-order valence-electron chi connectivity index (χ1n) is 12.2. The molecule has 3 aliphatic rings. The summed E-state index contributed by atoms with van der Waals surface area (Å²) < 4.78 is 20.9. The number of anilines is 1. The number of ketones is 1. The third-order valence-electron chi connectivity index (χ3n) is 7.42. The molecule has 5 nitrogen and oxygen atoms in total. The fourth-order valence-corrected chi connectivity index (χ4v) is 5.50. The van der Waals surface area contributed by atoms with E-state index in [9.17, 15) is 14.0 Å². The van der Waals surface area contributed by atoms with E-state index in [0.717, 1.165) is 37.2 Å². The lowest BCUT2D eigenvalue weighted by atomic mass is 9.82. The standard InChI is InChI=1S/C29H30FN2O3/c30-25-14-8-7-13-24(25)26(33)19-32-17-15-21(16-18-32)27(20-32)35-29(34)28(22-9-3-1-4-10-22)31-23-11-5-2-6-12-23/h1-14,21,27-28,31H,15-20H2/q+1/t21?,27-,28?,32?/m0/s1. The highest BCUT2D eigenvalue weighted by Gasteiger charge is 2.49. The van der Waals surface area contributed by atoms with E-state index in [4.69, 9.17) is 4.74 Å². The zero-order valence-electron chi connectivity index (χ0n) is 19.6. The van der Waals surface area contributed by atoms with Crippen molar-refractivity contribution in [2.45, 2.75) is 25.0 Å². The van der Waals surface area contributed by atoms with Crippen molar-refractivity contribution in [1.29, 1.82) is 0 Å². The number of benzene rings is 3. The Morgan fingerprint density at radius 2 is 1.54 bits per heavy atom. The van der Waals surface area contributed by atoms with Crippen LogP contribution in [0.15, 0.2) is 84.9 Å². The van der Waals surface area contributed by atoms with Gasteiger partial charge in [0, 0.05) is 24.4 Å². The summed E-state index contributed by atoms with van der Waals surface area (Å²) in [7, 11) is 0. The molecular formula is C29H30FN2O3+. The first kappa shape index (κ1) is 23.2. The fraction of sp³-hybridized carbons (Fsp3) is 0.310. The zero-order valence-corrected chi connectivity index (χ0v) is 19.6. The van der Waals surface area contributed by atoms with Crippen LogP contribution >= 0.6 is 0 Å². The summed E-state index contributed by atoms with van der Waals surface area (Å²) in [5, 5.41) is 3.32. The van der Waals surface area contributed by atoms with Crippen molar-refractivity contribution in [3.05, 3.63) is 102 Å². The Morgan fingerprint density at radius 1 is 0.914 bits per heavy atom. The van der Waals surface area contributed by atoms with Crippen LogP contribution in [0.3, 0.4) is 0 Å². The van der Waals surface area contributed by atoms with Gasteiger partial charge in [0.2, 0.25) is 5.78 Å². The molecule has 0 spiro atoms. The predicted molar refractivity (Wildman–Crippen MR) is 132 cm³/mol. The highest BCUT2D eigenvalue weighted by atomic mass is 19.1. The molecule has 6 rings (SSSR count). The number of hydrogen-bond acceptors (Lipinski definition) is 4. The van der Waals surface area contributed by atoms with Crippen molar-refractivity contribution in [2.75, 3.05) is 31.5 Å². The summed E-state index contributed by atoms with van der Waals surface area (Å²) in [5.74, 6) is -0.710. The van der Waals surface area contributed by atoms with Crippen molar-refractivity contribution in [2.24, 2.45) is 5.92 Å². The van der Waals surface area contributed by atoms with Crippen LogP contribution < -0.4 is 5.32 Å². The number of carbonyl (C=O) groups excluding carboxylic acids is 2. The number of esters is 1. The first-order chi connectivity index (χ1) is 17.0. The Balaban J connectivity index is 1.32. The summed E-state index contributed by atoms with van der Waals surface area (Å²) >= 11 is 0. The van der Waals surface area contributed by atoms with Crippen LogP contribution in [-0.2, 0) is 9.53 Å². The molecule has 0 amide bonds. The number of ether oxygens (including phenoxy) is 1. The number of para-hydroxylation sites is 1. The van der Waals surface area contributed by atoms with Gasteiger partial charge in [0.05, 0.1) is 18.7 Å². The van der Waals surface area contributed by atoms with Gasteiger partial charge in [0.1, 0.15) is 18.9 Å². The van der Waals surface area contributed by atoms with Crippen LogP contribution in [0.4, 0.5) is 10.1 Å². The van der Waals surface area contributed by atoms with E-state index in [1.807, 2.05) is 60.7 Å². The molecule has 180 valence electrons. The van der Waals surface area contributed by atoms with Gasteiger partial charge in [-0.15, -0.1) is 0 Å². The largest absolute Gasteiger partial charge is 0.454 e. The van der Waals surface area contributed by atoms with Gasteiger partial charge in [0.15, 0.2) is 12.1 Å². The van der Waals surface area contributed by atoms with Crippen LogP contribution in [0.25, 0.3) is 0 Å². The second-order valence-electron chi connectivity index (χ2n) is 9.70. The second-order valence-corrected chi connectivity index (χ2v) is 9.70. The van der Waals surface area contributed by atoms with E-state index in [1.54, 1.807) is 18.2 Å². The maximum atomic E-state index is 14.2. The number of piperidine rings is 3. The number of Topliss-reactive ketones (excluding diaryl/α,β-unsaturated/α-hetero) is 1. The van der Waals surface area contributed by atoms with Gasteiger partial charge >= 0.3 is 5.97 Å². The van der Waals surface area contributed by atoms with Crippen molar-refractivity contribution >= 4 is 17.4 Å². The van der Waals surface area contributed by atoms with Gasteiger partial charge in [-0.1, -0.05) is 60.7 Å². The van der Waals surface area contributed by atoms with Gasteiger partial charge in [-0.2, -0.15) is 0 Å². The molecule has 0 saturated carbocycles. The van der Waals surface area contributed by atoms with Crippen LogP contribution in [0.1, 0.15) is 34.8 Å². The zero-order chi connectivity index (χ0) is 24.3. The van der Waals surface area contributed by atoms with Crippen LogP contribution in [-0.4, -0.2) is 48.5 Å². The Hall–Kier alpha value is -3.51. The normalized spacial score (nSPS) is 23.9. The number of nitrogens with zero attached hydrogens (tertiary/aromatic N) is 1. The minimum absolute atomic E-state index is 0.137. The molecule has 35 heavy (non-hydrogen) atoms. The molecule has 3 heterocycles. The SMILES string of the molecule is O=C(C[N+]12CCC(CC1)[C@@H](OC(=O)C(Nc1ccccc1)c1ccccc1)C2)c1ccccc1F. The minimum atomic E-state index is -0.637. The number of rotatable bonds is 8. The summed E-state index contributed by atoms with van der Waals surface area (Å²) in [4.78, 5) is 26.4. The molecule has 3 aliphatic heterocycles. The quantitative estimate of drug-likeness (QED) is 0.284. The molecule has 1 unspecified atom stereocenters. The number of quaternary nitrogens is 1. The number of nitrogens with one attached hydrogen (secondary N) is 1. The molecule has 2 atom stereocenters. The maximum Gasteiger partial charge on any atom is 0.333 e. The van der Waals surface area contributed by atoms with Crippen LogP contribution in [0.2, 0.25) is 0 Å². The van der Waals surface area contributed by atoms with E-state index in [0.29, 0.717) is 11.0 Å². The first-order valence-corrected chi connectivity index (χ1v) is 12.2. The summed E-state index contributed by atoms with van der Waals surface area (Å²) in [5.41, 5.74) is 1.81. The van der Waals surface area contributed by atoms with E-state index >= 15 is 0 Å². The fourth-order valence-electron chi connectivity index (χ4n) is 5.50. The van der Waals surface area contributed by atoms with E-state index < -0.39 is 11.9 Å². The molecule has 3 saturated heterocycles. The Labute approximate surface area is 205 Å². The third kappa shape index (κ3) is 5.13. The molecular weight excluding hydrogens is 443 g/mol. The third-order valence-corrected chi connectivity index (χ3v) is 7.42. The van der Waals surface area contributed by atoms with E-state index in [2.05, 4.69) is 5.32 Å². The minimum Gasteiger partial charge on any atom is -0.454 e. The molecule has 1 N–H and O–H groups in total. The van der Waals surface area contributed by atoms with E-state index in [1.165, 1.54) is 6.07 Å². The Morgan fingerprint density at radius 3 is 2.23 bits per heavy atom. The second kappa shape index (κ2) is 10.0. The van der Waals surface area contributed by atoms with Crippen molar-refractivity contribution in [3.63, 3.8) is 0 Å². The maximum absolute atomic E-state index is 14.2. The molecule has 3 aromatic rings. The van der Waals surface area contributed by atoms with Crippen molar-refractivity contribution < 1.29 is 23.2 Å². The lowest BCUT2D eigenvalue weighted by Crippen LogP contribution is -2.65. The van der Waals surface area contributed by atoms with Crippen molar-refractivity contribution in [3.8, 4) is 0 Å². The van der Waals surface area contributed by atoms with Gasteiger partial charge in [-0.3, -0.25) is 4.79 Å². The van der Waals surface area contributed by atoms with Gasteiger partial charge in [0.25, 0.3) is 0 Å². The van der Waals surface area contributed by atoms with Crippen molar-refractivity contribution in [1.82, 2.24) is 0 Å². The number of carbonyl (C=O) groups is 2. The molecule has 3 fully saturated rings. The molecule has 0 aliphatic carbocycles. The lowest BCUT2D eigenvalue weighted by molar-refractivity contribution is -0.938. The summed E-state index contributed by atoms with van der Waals surface area (Å²) in [6.45, 7) is 2.52. The smallest absolute Gasteiger partial charge is 0.333 e. The Bertz CT molecular complexity index is 1180. The van der Waals surface area contributed by atoms with E-state index in [-0.39, 0.29) is 35.9 Å². The summed E-state index contributed by atoms with van der Waals surface area (Å²) in [6.07, 6.45) is 1.53. The Kier molecular flexibility index (Phi) is 6.64. The lowest BCUT2D eigenvalue weighted by Gasteiger charge is -2.51. The number of halogens is 1. The topological polar surface area (TPSA) is 55.4 Å². The highest BCUT2D eigenvalue weighted by Crippen LogP contribution is 2.37. The van der Waals surface area contributed by atoms with Gasteiger partial charge < -0.3 is 14.5 Å². The van der Waals surface area contributed by atoms with Crippen LogP contribution in [0.5, 0.6) is 0 Å². The number of hydrogen-bond donors (Lipinski definition) is 1. The van der Waals surface area contributed by atoms with Crippen LogP contribution in [0, 0.1) is 11.7 Å².